The zero-order chi connectivity index (χ0) is 33.7. The summed E-state index contributed by atoms with van der Waals surface area (Å²) in [6, 6.07) is 16.3. The Balaban J connectivity index is 1.72. The van der Waals surface area contributed by atoms with Crippen molar-refractivity contribution in [2.24, 2.45) is 0 Å². The van der Waals surface area contributed by atoms with Gasteiger partial charge in [0.2, 0.25) is 0 Å². The van der Waals surface area contributed by atoms with Gasteiger partial charge < -0.3 is 23.7 Å². The van der Waals surface area contributed by atoms with Crippen LogP contribution >= 0.6 is 0 Å². The maximum absolute atomic E-state index is 13.0. The maximum Gasteiger partial charge on any atom is 0.422 e. The minimum Gasteiger partial charge on any atom is -0.494 e. The third-order valence-electron chi connectivity index (χ3n) is 6.37. The molecule has 3 aromatic carbocycles. The molecule has 0 fully saturated rings. The fourth-order valence-electron chi connectivity index (χ4n) is 3.79. The fraction of sp³-hybridized carbons (Fsp3) is 0.294. The number of benzene rings is 3. The molecule has 3 rings (SSSR count). The largest absolute Gasteiger partial charge is 0.494 e. The van der Waals surface area contributed by atoms with Crippen LogP contribution in [0.3, 0.4) is 0 Å². The first-order valence-corrected chi connectivity index (χ1v) is 14.4. The van der Waals surface area contributed by atoms with Crippen LogP contribution in [0.2, 0.25) is 0 Å². The summed E-state index contributed by atoms with van der Waals surface area (Å²) in [5.74, 6) is -4.17. The van der Waals surface area contributed by atoms with Crippen LogP contribution in [0.25, 0.3) is 0 Å². The van der Waals surface area contributed by atoms with Crippen LogP contribution in [0.1, 0.15) is 69.2 Å². The van der Waals surface area contributed by atoms with Crippen molar-refractivity contribution in [2.45, 2.75) is 45.7 Å². The summed E-state index contributed by atoms with van der Waals surface area (Å²) in [6.07, 6.45) is -0.808. The van der Waals surface area contributed by atoms with Crippen molar-refractivity contribution in [3.05, 3.63) is 101 Å². The van der Waals surface area contributed by atoms with Crippen molar-refractivity contribution in [2.75, 3.05) is 19.8 Å². The Morgan fingerprint density at radius 1 is 0.696 bits per heavy atom. The minimum atomic E-state index is -4.98. The molecule has 0 N–H and O–H groups in total. The van der Waals surface area contributed by atoms with Crippen LogP contribution in [0.4, 0.5) is 13.2 Å². The molecule has 9 nitrogen and oxygen atoms in total. The molecule has 0 aromatic heterocycles. The predicted molar refractivity (Wildman–Crippen MR) is 160 cm³/mol. The lowest BCUT2D eigenvalue weighted by molar-refractivity contribution is -0.151. The van der Waals surface area contributed by atoms with Crippen molar-refractivity contribution in [3.8, 4) is 17.2 Å². The van der Waals surface area contributed by atoms with Crippen LogP contribution in [-0.2, 0) is 14.3 Å². The number of hydrogen-bond acceptors (Lipinski definition) is 9. The molecule has 46 heavy (non-hydrogen) atoms. The Bertz CT molecular complexity index is 1530. The van der Waals surface area contributed by atoms with E-state index in [4.69, 9.17) is 18.9 Å². The topological polar surface area (TPSA) is 114 Å². The minimum absolute atomic E-state index is 0.0920. The van der Waals surface area contributed by atoms with Crippen LogP contribution in [0.15, 0.2) is 78.9 Å². The highest BCUT2D eigenvalue weighted by atomic mass is 19.4. The summed E-state index contributed by atoms with van der Waals surface area (Å²) in [5.41, 5.74) is -0.765. The first-order valence-electron chi connectivity index (χ1n) is 14.4. The van der Waals surface area contributed by atoms with Gasteiger partial charge >= 0.3 is 30.1 Å². The van der Waals surface area contributed by atoms with Crippen molar-refractivity contribution < 1.29 is 56.0 Å². The number of carbonyl (C=O) groups excluding carboxylic acids is 4. The molecule has 0 saturated carbocycles. The van der Waals surface area contributed by atoms with E-state index in [1.54, 1.807) is 36.4 Å². The molecule has 0 saturated heterocycles. The zero-order valence-corrected chi connectivity index (χ0v) is 25.3. The van der Waals surface area contributed by atoms with Gasteiger partial charge in [0.05, 0.1) is 17.7 Å². The fourth-order valence-corrected chi connectivity index (χ4v) is 3.79. The summed E-state index contributed by atoms with van der Waals surface area (Å²) >= 11 is 0. The van der Waals surface area contributed by atoms with Crippen molar-refractivity contribution in [1.29, 1.82) is 0 Å². The number of halogens is 3. The molecule has 0 aliphatic rings. The Kier molecular flexibility index (Phi) is 12.9. The lowest BCUT2D eigenvalue weighted by Gasteiger charge is -2.13. The molecular weight excluding hydrogens is 609 g/mol. The molecule has 0 heterocycles. The molecule has 3 aromatic rings. The summed E-state index contributed by atoms with van der Waals surface area (Å²) in [6.45, 7) is 5.77. The number of hydrogen-bond donors (Lipinski definition) is 0. The Morgan fingerprint density at radius 2 is 1.28 bits per heavy atom. The van der Waals surface area contributed by atoms with E-state index in [0.29, 0.717) is 12.4 Å². The summed E-state index contributed by atoms with van der Waals surface area (Å²) in [7, 11) is 0. The van der Waals surface area contributed by atoms with Gasteiger partial charge in [0.15, 0.2) is 0 Å². The highest BCUT2D eigenvalue weighted by Gasteiger charge is 2.38. The van der Waals surface area contributed by atoms with Gasteiger partial charge in [-0.3, -0.25) is 0 Å². The van der Waals surface area contributed by atoms with Gasteiger partial charge in [-0.25, -0.2) is 19.2 Å². The smallest absolute Gasteiger partial charge is 0.422 e. The van der Waals surface area contributed by atoms with Gasteiger partial charge in [-0.15, -0.1) is 0 Å². The Morgan fingerprint density at radius 3 is 1.91 bits per heavy atom. The van der Waals surface area contributed by atoms with Gasteiger partial charge in [0, 0.05) is 0 Å². The van der Waals surface area contributed by atoms with Gasteiger partial charge in [-0.05, 0) is 67.9 Å². The molecule has 0 radical (unpaired) electrons. The van der Waals surface area contributed by atoms with Gasteiger partial charge in [-0.2, -0.15) is 13.2 Å². The molecule has 0 unspecified atom stereocenters. The van der Waals surface area contributed by atoms with E-state index in [1.807, 2.05) is 6.92 Å². The molecule has 12 heteroatoms. The number of ether oxygens (including phenoxy) is 5. The number of carbonyl (C=O) groups is 4. The number of alkyl halides is 3. The molecule has 0 amide bonds. The van der Waals surface area contributed by atoms with E-state index in [9.17, 15) is 32.3 Å². The van der Waals surface area contributed by atoms with Gasteiger partial charge in [-0.1, -0.05) is 50.5 Å². The normalized spacial score (nSPS) is 10.9. The molecule has 0 aliphatic heterocycles. The Hall–Kier alpha value is -5.13. The van der Waals surface area contributed by atoms with Crippen molar-refractivity contribution in [1.82, 2.24) is 0 Å². The second-order valence-electron chi connectivity index (χ2n) is 9.98. The number of unbranched alkanes of at least 4 members (excludes halogenated alkanes) is 3. The summed E-state index contributed by atoms with van der Waals surface area (Å²) in [4.78, 5) is 50.0. The van der Waals surface area contributed by atoms with E-state index in [1.165, 1.54) is 24.3 Å². The van der Waals surface area contributed by atoms with Gasteiger partial charge in [0.25, 0.3) is 0 Å². The second kappa shape index (κ2) is 16.8. The van der Waals surface area contributed by atoms with E-state index in [2.05, 4.69) is 18.2 Å². The first-order chi connectivity index (χ1) is 21.9. The summed E-state index contributed by atoms with van der Waals surface area (Å²) < 4.78 is 63.8. The lowest BCUT2D eigenvalue weighted by atomic mass is 10.1. The Labute approximate surface area is 263 Å². The maximum atomic E-state index is 13.0. The van der Waals surface area contributed by atoms with E-state index in [-0.39, 0.29) is 28.2 Å². The molecule has 0 atom stereocenters. The van der Waals surface area contributed by atoms with E-state index in [0.717, 1.165) is 37.3 Å². The number of rotatable bonds is 15. The van der Waals surface area contributed by atoms with Crippen molar-refractivity contribution in [3.63, 3.8) is 0 Å². The average molecular weight is 643 g/mol. The first kappa shape index (κ1) is 35.4. The van der Waals surface area contributed by atoms with E-state index >= 15 is 0 Å². The number of esters is 4. The van der Waals surface area contributed by atoms with Crippen LogP contribution < -0.4 is 14.2 Å². The molecule has 0 spiro atoms. The van der Waals surface area contributed by atoms with Crippen LogP contribution in [-0.4, -0.2) is 49.9 Å². The van der Waals surface area contributed by atoms with Crippen LogP contribution in [0, 0.1) is 6.92 Å². The molecule has 244 valence electrons. The highest BCUT2D eigenvalue weighted by Crippen LogP contribution is 2.28. The second-order valence-corrected chi connectivity index (χ2v) is 9.98. The molecule has 0 bridgehead atoms. The van der Waals surface area contributed by atoms with Gasteiger partial charge in [0.1, 0.15) is 41.6 Å². The molecule has 0 aliphatic carbocycles. The monoisotopic (exact) mass is 642 g/mol. The van der Waals surface area contributed by atoms with Crippen molar-refractivity contribution >= 4 is 23.9 Å². The summed E-state index contributed by atoms with van der Waals surface area (Å²) in [5, 5.41) is 0. The lowest BCUT2D eigenvalue weighted by Crippen LogP contribution is -2.23. The highest BCUT2D eigenvalue weighted by molar-refractivity contribution is 5.97. The van der Waals surface area contributed by atoms with E-state index < -0.39 is 48.8 Å². The standard InChI is InChI=1S/C34H33F3O9/c1-4-5-6-7-18-42-26-14-12-25(13-15-26)32(40)46-29-17-16-27(45-31(39)24-10-8-22(2)9-11-24)21-28(29)33(41)44-20-19-43-30(38)23(3)34(35,36)37/h8-17,21H,3-7,18-20H2,1-2H3. The predicted octanol–water partition coefficient (Wildman–Crippen LogP) is 7.21. The third kappa shape index (κ3) is 10.8. The zero-order valence-electron chi connectivity index (χ0n) is 25.3. The average Bonchev–Trinajstić information content (AvgIpc) is 3.03. The quantitative estimate of drug-likeness (QED) is 0.0734. The van der Waals surface area contributed by atoms with Crippen LogP contribution in [0.5, 0.6) is 17.2 Å². The number of aryl methyl sites for hydroxylation is 1. The molecular formula is C34H33F3O9. The third-order valence-corrected chi connectivity index (χ3v) is 6.37. The SMILES string of the molecule is C=C(C(=O)OCCOC(=O)c1cc(OC(=O)c2ccc(C)cc2)ccc1OC(=O)c1ccc(OCCCCCC)cc1)C(F)(F)F.